The van der Waals surface area contributed by atoms with Gasteiger partial charge in [-0.25, -0.2) is 4.79 Å². The zero-order valence-corrected chi connectivity index (χ0v) is 10.8. The van der Waals surface area contributed by atoms with Gasteiger partial charge in [-0.3, -0.25) is 4.68 Å². The molecule has 0 spiro atoms. The summed E-state index contributed by atoms with van der Waals surface area (Å²) in [4.78, 5) is 13.9. The topological polar surface area (TPSA) is 50.2 Å². The molecule has 0 atom stereocenters. The van der Waals surface area contributed by atoms with Gasteiger partial charge in [0.15, 0.2) is 0 Å². The number of carbonyl (C=O) groups is 1. The van der Waals surface area contributed by atoms with Gasteiger partial charge in [-0.15, -0.1) is 0 Å². The number of fused-ring (bicyclic) bond motifs is 1. The van der Waals surface area contributed by atoms with E-state index >= 15 is 0 Å². The van der Waals surface area contributed by atoms with Gasteiger partial charge in [0.1, 0.15) is 0 Å². The van der Waals surface area contributed by atoms with E-state index < -0.39 is 0 Å². The van der Waals surface area contributed by atoms with Crippen LogP contribution >= 0.6 is 0 Å². The zero-order chi connectivity index (χ0) is 13.2. The highest BCUT2D eigenvalue weighted by atomic mass is 16.2. The number of hydrogen-bond donors (Lipinski definition) is 1. The van der Waals surface area contributed by atoms with Gasteiger partial charge < -0.3 is 10.2 Å². The molecule has 0 unspecified atom stereocenters. The molecule has 0 saturated carbocycles. The average Bonchev–Trinajstić information content (AvgIpc) is 3.01. The monoisotopic (exact) mass is 256 g/mol. The van der Waals surface area contributed by atoms with Crippen molar-refractivity contribution in [3.8, 4) is 0 Å². The fraction of sp³-hybridized carbons (Fsp3) is 0.286. The molecule has 1 aliphatic heterocycles. The van der Waals surface area contributed by atoms with Crippen LogP contribution in [0.15, 0.2) is 36.7 Å². The van der Waals surface area contributed by atoms with Crippen LogP contribution in [0.25, 0.3) is 0 Å². The molecule has 5 heteroatoms. The van der Waals surface area contributed by atoms with Crippen LogP contribution in [-0.2, 0) is 26.7 Å². The Kier molecular flexibility index (Phi) is 2.95. The lowest BCUT2D eigenvalue weighted by molar-refractivity contribution is 0.198. The van der Waals surface area contributed by atoms with Gasteiger partial charge in [0.05, 0.1) is 6.20 Å². The zero-order valence-electron chi connectivity index (χ0n) is 10.8. The summed E-state index contributed by atoms with van der Waals surface area (Å²) < 4.78 is 1.73. The maximum atomic E-state index is 12.1. The second kappa shape index (κ2) is 4.76. The fourth-order valence-corrected chi connectivity index (χ4v) is 2.33. The van der Waals surface area contributed by atoms with Crippen LogP contribution in [0, 0.1) is 0 Å². The predicted molar refractivity (Wildman–Crippen MR) is 71.1 cm³/mol. The Labute approximate surface area is 111 Å². The Hall–Kier alpha value is -2.30. The van der Waals surface area contributed by atoms with Crippen molar-refractivity contribution in [1.29, 1.82) is 0 Å². The summed E-state index contributed by atoms with van der Waals surface area (Å²) in [5.74, 6) is 0. The lowest BCUT2D eigenvalue weighted by Crippen LogP contribution is -2.35. The highest BCUT2D eigenvalue weighted by Crippen LogP contribution is 2.21. The molecule has 0 fully saturated rings. The van der Waals surface area contributed by atoms with E-state index in [0.717, 1.165) is 5.56 Å². The highest BCUT2D eigenvalue weighted by molar-refractivity contribution is 5.75. The SMILES string of the molecule is Cn1cc(CNC(=O)N2Cc3ccccc3C2)cn1. The molecule has 5 nitrogen and oxygen atoms in total. The summed E-state index contributed by atoms with van der Waals surface area (Å²) in [6, 6.07) is 8.14. The van der Waals surface area contributed by atoms with Crippen molar-refractivity contribution in [3.63, 3.8) is 0 Å². The third-order valence-corrected chi connectivity index (χ3v) is 3.33. The second-order valence-electron chi connectivity index (χ2n) is 4.81. The first-order valence-corrected chi connectivity index (χ1v) is 6.29. The summed E-state index contributed by atoms with van der Waals surface area (Å²) >= 11 is 0. The van der Waals surface area contributed by atoms with E-state index in [1.54, 1.807) is 10.9 Å². The molecule has 0 saturated heterocycles. The predicted octanol–water partition coefficient (Wildman–Crippen LogP) is 1.65. The lowest BCUT2D eigenvalue weighted by atomic mass is 10.1. The van der Waals surface area contributed by atoms with E-state index in [-0.39, 0.29) is 6.03 Å². The molecule has 2 heterocycles. The van der Waals surface area contributed by atoms with Crippen LogP contribution in [0.1, 0.15) is 16.7 Å². The van der Waals surface area contributed by atoms with E-state index in [0.29, 0.717) is 19.6 Å². The summed E-state index contributed by atoms with van der Waals surface area (Å²) in [5, 5.41) is 7.00. The van der Waals surface area contributed by atoms with Crippen LogP contribution in [0.3, 0.4) is 0 Å². The second-order valence-corrected chi connectivity index (χ2v) is 4.81. The Morgan fingerprint density at radius 3 is 2.58 bits per heavy atom. The minimum Gasteiger partial charge on any atom is -0.334 e. The van der Waals surface area contributed by atoms with Crippen molar-refractivity contribution < 1.29 is 4.79 Å². The van der Waals surface area contributed by atoms with E-state index in [1.165, 1.54) is 11.1 Å². The third kappa shape index (κ3) is 2.45. The van der Waals surface area contributed by atoms with Crippen molar-refractivity contribution in [3.05, 3.63) is 53.3 Å². The number of nitrogens with one attached hydrogen (secondary N) is 1. The Balaban J connectivity index is 1.58. The van der Waals surface area contributed by atoms with Crippen LogP contribution in [-0.4, -0.2) is 20.7 Å². The summed E-state index contributed by atoms with van der Waals surface area (Å²) in [7, 11) is 1.86. The van der Waals surface area contributed by atoms with Gasteiger partial charge in [-0.2, -0.15) is 5.10 Å². The number of aryl methyl sites for hydroxylation is 1. The Morgan fingerprint density at radius 1 is 1.32 bits per heavy atom. The minimum atomic E-state index is -0.0277. The molecule has 1 aromatic carbocycles. The van der Waals surface area contributed by atoms with Gasteiger partial charge in [0.25, 0.3) is 0 Å². The molecule has 1 N–H and O–H groups in total. The number of urea groups is 1. The molecule has 98 valence electrons. The number of aromatic nitrogens is 2. The first-order chi connectivity index (χ1) is 9.22. The largest absolute Gasteiger partial charge is 0.334 e. The summed E-state index contributed by atoms with van der Waals surface area (Å²) in [6.45, 7) is 1.89. The Bertz CT molecular complexity index is 580. The summed E-state index contributed by atoms with van der Waals surface area (Å²) in [6.07, 6.45) is 3.66. The van der Waals surface area contributed by atoms with E-state index in [2.05, 4.69) is 22.5 Å². The normalized spacial score (nSPS) is 13.4. The van der Waals surface area contributed by atoms with Crippen LogP contribution in [0.4, 0.5) is 4.79 Å². The standard InChI is InChI=1S/C14H16N4O/c1-17-8-11(7-16-17)6-15-14(19)18-9-12-4-2-3-5-13(12)10-18/h2-5,7-8H,6,9-10H2,1H3,(H,15,19). The van der Waals surface area contributed by atoms with Crippen molar-refractivity contribution in [2.24, 2.45) is 7.05 Å². The average molecular weight is 256 g/mol. The van der Waals surface area contributed by atoms with Gasteiger partial charge in [-0.1, -0.05) is 24.3 Å². The number of carbonyl (C=O) groups excluding carboxylic acids is 1. The van der Waals surface area contributed by atoms with Crippen LogP contribution in [0.5, 0.6) is 0 Å². The molecule has 0 bridgehead atoms. The quantitative estimate of drug-likeness (QED) is 0.888. The van der Waals surface area contributed by atoms with Crippen molar-refractivity contribution >= 4 is 6.03 Å². The number of benzene rings is 1. The van der Waals surface area contributed by atoms with Gasteiger partial charge in [0, 0.05) is 38.4 Å². The number of hydrogen-bond acceptors (Lipinski definition) is 2. The van der Waals surface area contributed by atoms with Crippen molar-refractivity contribution in [2.75, 3.05) is 0 Å². The number of amides is 2. The Morgan fingerprint density at radius 2 is 2.00 bits per heavy atom. The van der Waals surface area contributed by atoms with Crippen LogP contribution < -0.4 is 5.32 Å². The van der Waals surface area contributed by atoms with Gasteiger partial charge in [-0.05, 0) is 11.1 Å². The maximum Gasteiger partial charge on any atom is 0.318 e. The highest BCUT2D eigenvalue weighted by Gasteiger charge is 2.22. The number of rotatable bonds is 2. The molecule has 2 aromatic rings. The van der Waals surface area contributed by atoms with Crippen molar-refractivity contribution in [2.45, 2.75) is 19.6 Å². The maximum absolute atomic E-state index is 12.1. The molecule has 1 aliphatic rings. The number of nitrogens with zero attached hydrogens (tertiary/aromatic N) is 3. The molecule has 2 amide bonds. The third-order valence-electron chi connectivity index (χ3n) is 3.33. The van der Waals surface area contributed by atoms with Gasteiger partial charge >= 0.3 is 6.03 Å². The van der Waals surface area contributed by atoms with Gasteiger partial charge in [0.2, 0.25) is 0 Å². The van der Waals surface area contributed by atoms with E-state index in [9.17, 15) is 4.79 Å². The molecule has 0 aliphatic carbocycles. The summed E-state index contributed by atoms with van der Waals surface area (Å²) in [5.41, 5.74) is 3.48. The first-order valence-electron chi connectivity index (χ1n) is 6.29. The molecule has 3 rings (SSSR count). The van der Waals surface area contributed by atoms with E-state index in [4.69, 9.17) is 0 Å². The lowest BCUT2D eigenvalue weighted by Gasteiger charge is -2.15. The smallest absolute Gasteiger partial charge is 0.318 e. The fourth-order valence-electron chi connectivity index (χ4n) is 2.33. The molecular formula is C14H16N4O. The van der Waals surface area contributed by atoms with Crippen LogP contribution in [0.2, 0.25) is 0 Å². The van der Waals surface area contributed by atoms with Crippen molar-refractivity contribution in [1.82, 2.24) is 20.0 Å². The molecule has 0 radical (unpaired) electrons. The molecule has 19 heavy (non-hydrogen) atoms. The van der Waals surface area contributed by atoms with E-state index in [1.807, 2.05) is 30.3 Å². The molecular weight excluding hydrogens is 240 g/mol. The minimum absolute atomic E-state index is 0.0277. The molecule has 1 aromatic heterocycles. The first kappa shape index (κ1) is 11.8.